The van der Waals surface area contributed by atoms with Gasteiger partial charge in [0.15, 0.2) is 17.0 Å². The van der Waals surface area contributed by atoms with Crippen molar-refractivity contribution in [3.05, 3.63) is 39.4 Å². The molecule has 1 amide bonds. The van der Waals surface area contributed by atoms with Crippen LogP contribution in [0.5, 0.6) is 0 Å². The van der Waals surface area contributed by atoms with E-state index in [2.05, 4.69) is 37.2 Å². The number of amides is 1. The van der Waals surface area contributed by atoms with E-state index in [0.29, 0.717) is 15.8 Å². The standard InChI is InChI=1S/C18H14BrF3N4OS/c1-4-17(3,5-2)24-16(27)14-13(19)15-23-10(11-7-6-8-28-11)9-12(18(20,21)22)26(15)25-14/h1,6-9H,5H2,2-3H3,(H,24,27). The van der Waals surface area contributed by atoms with Crippen LogP contribution in [0.3, 0.4) is 0 Å². The van der Waals surface area contributed by atoms with E-state index in [1.807, 2.05) is 0 Å². The highest BCUT2D eigenvalue weighted by Gasteiger charge is 2.37. The van der Waals surface area contributed by atoms with Crippen molar-refractivity contribution >= 4 is 38.8 Å². The van der Waals surface area contributed by atoms with Gasteiger partial charge in [-0.2, -0.15) is 18.3 Å². The third-order valence-corrected chi connectivity index (χ3v) is 5.85. The van der Waals surface area contributed by atoms with Gasteiger partial charge >= 0.3 is 6.18 Å². The molecular weight excluding hydrogens is 457 g/mol. The van der Waals surface area contributed by atoms with E-state index in [0.717, 1.165) is 6.07 Å². The normalized spacial score (nSPS) is 13.9. The monoisotopic (exact) mass is 470 g/mol. The number of carbonyl (C=O) groups is 1. The van der Waals surface area contributed by atoms with Crippen molar-refractivity contribution in [2.75, 3.05) is 0 Å². The minimum Gasteiger partial charge on any atom is -0.335 e. The molecule has 3 aromatic rings. The average molecular weight is 471 g/mol. The van der Waals surface area contributed by atoms with E-state index in [-0.39, 0.29) is 21.5 Å². The van der Waals surface area contributed by atoms with Crippen molar-refractivity contribution in [2.24, 2.45) is 0 Å². The van der Waals surface area contributed by atoms with Gasteiger partial charge in [0.25, 0.3) is 5.91 Å². The van der Waals surface area contributed by atoms with Gasteiger partial charge in [-0.1, -0.05) is 18.9 Å². The topological polar surface area (TPSA) is 59.3 Å². The van der Waals surface area contributed by atoms with Crippen molar-refractivity contribution < 1.29 is 18.0 Å². The molecule has 1 N–H and O–H groups in total. The fraction of sp³-hybridized carbons (Fsp3) is 0.278. The smallest absolute Gasteiger partial charge is 0.335 e. The first-order valence-electron chi connectivity index (χ1n) is 8.10. The molecule has 10 heteroatoms. The number of thiophene rings is 1. The summed E-state index contributed by atoms with van der Waals surface area (Å²) < 4.78 is 41.6. The summed E-state index contributed by atoms with van der Waals surface area (Å²) in [4.78, 5) is 17.5. The summed E-state index contributed by atoms with van der Waals surface area (Å²) in [5, 5.41) is 8.23. The van der Waals surface area contributed by atoms with Gasteiger partial charge in [0.05, 0.1) is 20.6 Å². The van der Waals surface area contributed by atoms with Gasteiger partial charge < -0.3 is 5.32 Å². The number of rotatable bonds is 4. The predicted octanol–water partition coefficient (Wildman–Crippen LogP) is 4.77. The second-order valence-corrected chi connectivity index (χ2v) is 7.92. The third-order valence-electron chi connectivity index (χ3n) is 4.23. The Morgan fingerprint density at radius 2 is 2.18 bits per heavy atom. The highest BCUT2D eigenvalue weighted by Crippen LogP contribution is 2.35. The number of terminal acetylenes is 1. The lowest BCUT2D eigenvalue weighted by atomic mass is 10.0. The zero-order valence-electron chi connectivity index (χ0n) is 14.8. The Morgan fingerprint density at radius 1 is 1.46 bits per heavy atom. The van der Waals surface area contributed by atoms with Gasteiger partial charge in [0.1, 0.15) is 0 Å². The Morgan fingerprint density at radius 3 is 2.71 bits per heavy atom. The summed E-state index contributed by atoms with van der Waals surface area (Å²) in [7, 11) is 0. The minimum atomic E-state index is -4.69. The number of carbonyl (C=O) groups excluding carboxylic acids is 1. The highest BCUT2D eigenvalue weighted by molar-refractivity contribution is 9.10. The molecule has 3 rings (SSSR count). The van der Waals surface area contributed by atoms with Crippen molar-refractivity contribution in [3.63, 3.8) is 0 Å². The number of aromatic nitrogens is 3. The number of nitrogens with zero attached hydrogens (tertiary/aromatic N) is 3. The number of fused-ring (bicyclic) bond motifs is 1. The maximum absolute atomic E-state index is 13.6. The molecule has 0 radical (unpaired) electrons. The van der Waals surface area contributed by atoms with Crippen LogP contribution in [0.15, 0.2) is 28.1 Å². The van der Waals surface area contributed by atoms with E-state index < -0.39 is 23.3 Å². The number of alkyl halides is 3. The first-order chi connectivity index (χ1) is 13.1. The molecule has 0 aromatic carbocycles. The number of hydrogen-bond acceptors (Lipinski definition) is 4. The Kier molecular flexibility index (Phi) is 5.25. The largest absolute Gasteiger partial charge is 0.433 e. The molecule has 0 bridgehead atoms. The quantitative estimate of drug-likeness (QED) is 0.558. The third kappa shape index (κ3) is 3.64. The molecule has 146 valence electrons. The van der Waals surface area contributed by atoms with Crippen molar-refractivity contribution in [2.45, 2.75) is 32.0 Å². The SMILES string of the molecule is C#CC(C)(CC)NC(=O)c1nn2c(C(F)(F)F)cc(-c3cccs3)nc2c1Br. The summed E-state index contributed by atoms with van der Waals surface area (Å²) in [6.45, 7) is 3.43. The molecule has 0 aliphatic heterocycles. The summed E-state index contributed by atoms with van der Waals surface area (Å²) >= 11 is 4.44. The molecule has 0 saturated carbocycles. The van der Waals surface area contributed by atoms with Crippen molar-refractivity contribution in [1.29, 1.82) is 0 Å². The predicted molar refractivity (Wildman–Crippen MR) is 104 cm³/mol. The number of halogens is 4. The van der Waals surface area contributed by atoms with Crippen molar-refractivity contribution in [3.8, 4) is 22.9 Å². The van der Waals surface area contributed by atoms with Crippen LogP contribution in [0, 0.1) is 12.3 Å². The summed E-state index contributed by atoms with van der Waals surface area (Å²) in [6.07, 6.45) is 1.20. The zero-order chi connectivity index (χ0) is 20.7. The Labute approximate surface area is 171 Å². The van der Waals surface area contributed by atoms with Gasteiger partial charge in [0, 0.05) is 0 Å². The van der Waals surface area contributed by atoms with Crippen LogP contribution in [0.4, 0.5) is 13.2 Å². The van der Waals surface area contributed by atoms with Gasteiger partial charge in [-0.15, -0.1) is 17.8 Å². The molecule has 0 spiro atoms. The molecule has 0 aliphatic carbocycles. The van der Waals surface area contributed by atoms with Crippen LogP contribution in [-0.2, 0) is 6.18 Å². The molecule has 0 fully saturated rings. The Bertz CT molecular complexity index is 1090. The summed E-state index contributed by atoms with van der Waals surface area (Å²) in [5.41, 5.74) is -2.17. The molecule has 1 atom stereocenters. The lowest BCUT2D eigenvalue weighted by Gasteiger charge is -2.22. The van der Waals surface area contributed by atoms with Crippen LogP contribution >= 0.6 is 27.3 Å². The van der Waals surface area contributed by atoms with E-state index in [1.54, 1.807) is 31.4 Å². The minimum absolute atomic E-state index is 0.0596. The first kappa shape index (κ1) is 20.4. The molecule has 0 saturated heterocycles. The van der Waals surface area contributed by atoms with Gasteiger partial charge in [0.2, 0.25) is 0 Å². The molecule has 5 nitrogen and oxygen atoms in total. The molecule has 0 aliphatic rings. The molecule has 3 heterocycles. The molecule has 1 unspecified atom stereocenters. The number of nitrogens with one attached hydrogen (secondary N) is 1. The number of hydrogen-bond donors (Lipinski definition) is 1. The van der Waals surface area contributed by atoms with E-state index >= 15 is 0 Å². The van der Waals surface area contributed by atoms with Gasteiger partial charge in [-0.05, 0) is 46.8 Å². The first-order valence-corrected chi connectivity index (χ1v) is 9.77. The summed E-state index contributed by atoms with van der Waals surface area (Å²) in [5.74, 6) is 1.78. The summed E-state index contributed by atoms with van der Waals surface area (Å²) in [6, 6.07) is 4.30. The average Bonchev–Trinajstić information content (AvgIpc) is 3.28. The fourth-order valence-corrected chi connectivity index (χ4v) is 3.63. The second-order valence-electron chi connectivity index (χ2n) is 6.18. The van der Waals surface area contributed by atoms with Crippen LogP contribution < -0.4 is 5.32 Å². The van der Waals surface area contributed by atoms with Crippen LogP contribution in [0.25, 0.3) is 16.2 Å². The molecule has 28 heavy (non-hydrogen) atoms. The second kappa shape index (κ2) is 7.22. The molecule has 3 aromatic heterocycles. The van der Waals surface area contributed by atoms with Gasteiger partial charge in [-0.25, -0.2) is 9.50 Å². The Balaban J connectivity index is 2.19. The zero-order valence-corrected chi connectivity index (χ0v) is 17.2. The highest BCUT2D eigenvalue weighted by atomic mass is 79.9. The van der Waals surface area contributed by atoms with Crippen LogP contribution in [0.2, 0.25) is 0 Å². The fourth-order valence-electron chi connectivity index (χ4n) is 2.43. The van der Waals surface area contributed by atoms with Gasteiger partial charge in [-0.3, -0.25) is 4.79 Å². The van der Waals surface area contributed by atoms with E-state index in [1.165, 1.54) is 11.3 Å². The van der Waals surface area contributed by atoms with Crippen LogP contribution in [-0.4, -0.2) is 26.0 Å². The maximum Gasteiger partial charge on any atom is 0.433 e. The lowest BCUT2D eigenvalue weighted by molar-refractivity contribution is -0.142. The Hall–Kier alpha value is -2.38. The maximum atomic E-state index is 13.6. The van der Waals surface area contributed by atoms with Crippen LogP contribution in [0.1, 0.15) is 36.5 Å². The molecular formula is C18H14BrF3N4OS. The van der Waals surface area contributed by atoms with E-state index in [4.69, 9.17) is 6.42 Å². The van der Waals surface area contributed by atoms with Crippen molar-refractivity contribution in [1.82, 2.24) is 19.9 Å². The lowest BCUT2D eigenvalue weighted by Crippen LogP contribution is -2.44. The van der Waals surface area contributed by atoms with E-state index in [9.17, 15) is 18.0 Å².